The van der Waals surface area contributed by atoms with Gasteiger partial charge in [-0.3, -0.25) is 0 Å². The van der Waals surface area contributed by atoms with E-state index in [1.54, 1.807) is 0 Å². The summed E-state index contributed by atoms with van der Waals surface area (Å²) < 4.78 is 5.55. The maximum absolute atomic E-state index is 10.3. The summed E-state index contributed by atoms with van der Waals surface area (Å²) in [6, 6.07) is 6.33. The molecule has 1 aromatic rings. The van der Waals surface area contributed by atoms with Crippen LogP contribution in [0.25, 0.3) is 0 Å². The van der Waals surface area contributed by atoms with Crippen LogP contribution in [-0.2, 0) is 4.74 Å². The molecule has 2 aliphatic heterocycles. The van der Waals surface area contributed by atoms with Gasteiger partial charge in [0.15, 0.2) is 0 Å². The van der Waals surface area contributed by atoms with Crippen LogP contribution in [0.1, 0.15) is 30.5 Å². The highest BCUT2D eigenvalue weighted by atomic mass is 16.5. The Morgan fingerprint density at radius 1 is 1.43 bits per heavy atom. The third kappa shape index (κ3) is 2.74. The van der Waals surface area contributed by atoms with Crippen molar-refractivity contribution in [3.63, 3.8) is 0 Å². The van der Waals surface area contributed by atoms with E-state index in [1.165, 1.54) is 0 Å². The molecular formula is C16H21N3O2. The van der Waals surface area contributed by atoms with Crippen molar-refractivity contribution in [2.24, 2.45) is 5.92 Å². The lowest BCUT2D eigenvalue weighted by Gasteiger charge is -2.37. The van der Waals surface area contributed by atoms with E-state index >= 15 is 0 Å². The molecule has 5 nitrogen and oxygen atoms in total. The van der Waals surface area contributed by atoms with E-state index in [0.717, 1.165) is 30.8 Å². The molecule has 3 heterocycles. The van der Waals surface area contributed by atoms with Gasteiger partial charge in [-0.05, 0) is 37.8 Å². The highest BCUT2D eigenvalue weighted by Gasteiger charge is 2.38. The van der Waals surface area contributed by atoms with Crippen LogP contribution >= 0.6 is 0 Å². The lowest BCUT2D eigenvalue weighted by molar-refractivity contribution is -0.0438. The third-order valence-corrected chi connectivity index (χ3v) is 4.64. The summed E-state index contributed by atoms with van der Waals surface area (Å²) in [5.74, 6) is 0.979. The van der Waals surface area contributed by atoms with Crippen molar-refractivity contribution in [2.75, 3.05) is 24.7 Å². The number of aliphatic hydroxyl groups excluding tert-OH is 1. The van der Waals surface area contributed by atoms with Crippen LogP contribution in [0.4, 0.5) is 5.82 Å². The van der Waals surface area contributed by atoms with Gasteiger partial charge in [-0.2, -0.15) is 5.26 Å². The number of ether oxygens (including phenoxy) is 1. The summed E-state index contributed by atoms with van der Waals surface area (Å²) in [6.45, 7) is 4.08. The largest absolute Gasteiger partial charge is 0.393 e. The SMILES string of the molecule is Cc1ccc(N2CCCC2C2COCCC2O)nc1C#N. The Bertz CT molecular complexity index is 555. The number of pyridine rings is 1. The quantitative estimate of drug-likeness (QED) is 0.895. The Hall–Kier alpha value is -1.64. The minimum absolute atomic E-state index is 0.134. The molecule has 21 heavy (non-hydrogen) atoms. The van der Waals surface area contributed by atoms with Gasteiger partial charge in [0.25, 0.3) is 0 Å². The summed E-state index contributed by atoms with van der Waals surface area (Å²) in [4.78, 5) is 6.72. The Kier molecular flexibility index (Phi) is 4.09. The highest BCUT2D eigenvalue weighted by molar-refractivity contribution is 5.46. The van der Waals surface area contributed by atoms with Crippen molar-refractivity contribution in [2.45, 2.75) is 38.3 Å². The normalized spacial score (nSPS) is 29.4. The van der Waals surface area contributed by atoms with Crippen molar-refractivity contribution < 1.29 is 9.84 Å². The van der Waals surface area contributed by atoms with E-state index in [-0.39, 0.29) is 18.1 Å². The monoisotopic (exact) mass is 287 g/mol. The lowest BCUT2D eigenvalue weighted by Crippen LogP contribution is -2.46. The van der Waals surface area contributed by atoms with Crippen molar-refractivity contribution in [1.29, 1.82) is 5.26 Å². The number of aliphatic hydroxyl groups is 1. The molecule has 0 aromatic carbocycles. The van der Waals surface area contributed by atoms with Crippen molar-refractivity contribution in [3.05, 3.63) is 23.4 Å². The Balaban J connectivity index is 1.85. The molecule has 0 saturated carbocycles. The van der Waals surface area contributed by atoms with Crippen molar-refractivity contribution in [3.8, 4) is 6.07 Å². The molecule has 0 aliphatic carbocycles. The average Bonchev–Trinajstić information content (AvgIpc) is 2.97. The zero-order valence-electron chi connectivity index (χ0n) is 12.3. The zero-order chi connectivity index (χ0) is 14.8. The molecule has 5 heteroatoms. The van der Waals surface area contributed by atoms with Gasteiger partial charge in [0.2, 0.25) is 0 Å². The second-order valence-corrected chi connectivity index (χ2v) is 5.94. The second kappa shape index (κ2) is 6.00. The summed E-state index contributed by atoms with van der Waals surface area (Å²) in [7, 11) is 0. The van der Waals surface area contributed by atoms with E-state index in [2.05, 4.69) is 16.0 Å². The first-order valence-electron chi connectivity index (χ1n) is 7.61. The van der Waals surface area contributed by atoms with E-state index in [9.17, 15) is 5.11 Å². The van der Waals surface area contributed by atoms with Gasteiger partial charge >= 0.3 is 0 Å². The van der Waals surface area contributed by atoms with E-state index in [4.69, 9.17) is 10.00 Å². The number of nitriles is 1. The van der Waals surface area contributed by atoms with Gasteiger partial charge in [0.05, 0.1) is 12.7 Å². The highest BCUT2D eigenvalue weighted by Crippen LogP contribution is 2.33. The predicted molar refractivity (Wildman–Crippen MR) is 79.0 cm³/mol. The van der Waals surface area contributed by atoms with Gasteiger partial charge in [-0.15, -0.1) is 0 Å². The Morgan fingerprint density at radius 3 is 3.05 bits per heavy atom. The number of nitrogens with zero attached hydrogens (tertiary/aromatic N) is 3. The molecule has 0 spiro atoms. The van der Waals surface area contributed by atoms with Crippen LogP contribution in [0.3, 0.4) is 0 Å². The molecular weight excluding hydrogens is 266 g/mol. The van der Waals surface area contributed by atoms with Crippen LogP contribution in [0.2, 0.25) is 0 Å². The first kappa shape index (κ1) is 14.3. The molecule has 2 fully saturated rings. The van der Waals surface area contributed by atoms with Crippen LogP contribution < -0.4 is 4.90 Å². The standard InChI is InChI=1S/C16H21N3O2/c1-11-4-5-16(18-13(11)9-17)19-7-2-3-14(19)12-10-21-8-6-15(12)20/h4-5,12,14-15,20H,2-3,6-8,10H2,1H3. The molecule has 2 saturated heterocycles. The fraction of sp³-hybridized carbons (Fsp3) is 0.625. The predicted octanol–water partition coefficient (Wildman–Crippen LogP) is 1.63. The van der Waals surface area contributed by atoms with Crippen LogP contribution in [-0.4, -0.2) is 42.0 Å². The smallest absolute Gasteiger partial charge is 0.145 e. The van der Waals surface area contributed by atoms with Gasteiger partial charge < -0.3 is 14.7 Å². The Labute approximate surface area is 125 Å². The maximum Gasteiger partial charge on any atom is 0.145 e. The van der Waals surface area contributed by atoms with Crippen LogP contribution in [0.15, 0.2) is 12.1 Å². The fourth-order valence-electron chi connectivity index (χ4n) is 3.43. The van der Waals surface area contributed by atoms with E-state index in [0.29, 0.717) is 25.3 Å². The number of hydrogen-bond donors (Lipinski definition) is 1. The zero-order valence-corrected chi connectivity index (χ0v) is 12.3. The van der Waals surface area contributed by atoms with Crippen LogP contribution in [0.5, 0.6) is 0 Å². The molecule has 0 radical (unpaired) electrons. The van der Waals surface area contributed by atoms with Gasteiger partial charge in [-0.25, -0.2) is 4.98 Å². The summed E-state index contributed by atoms with van der Waals surface area (Å²) in [5.41, 5.74) is 1.39. The molecule has 0 bridgehead atoms. The minimum atomic E-state index is -0.301. The number of anilines is 1. The number of aryl methyl sites for hydroxylation is 1. The summed E-state index contributed by atoms with van der Waals surface area (Å²) >= 11 is 0. The molecule has 3 unspecified atom stereocenters. The van der Waals surface area contributed by atoms with E-state index < -0.39 is 0 Å². The lowest BCUT2D eigenvalue weighted by atomic mass is 9.89. The summed E-state index contributed by atoms with van der Waals surface area (Å²) in [6.07, 6.45) is 2.54. The number of aromatic nitrogens is 1. The van der Waals surface area contributed by atoms with Crippen LogP contribution in [0, 0.1) is 24.2 Å². The third-order valence-electron chi connectivity index (χ3n) is 4.64. The maximum atomic E-state index is 10.3. The number of rotatable bonds is 2. The van der Waals surface area contributed by atoms with E-state index in [1.807, 2.05) is 19.1 Å². The molecule has 1 N–H and O–H groups in total. The fourth-order valence-corrected chi connectivity index (χ4v) is 3.43. The molecule has 1 aromatic heterocycles. The van der Waals surface area contributed by atoms with Gasteiger partial charge in [0.1, 0.15) is 17.6 Å². The number of hydrogen-bond acceptors (Lipinski definition) is 5. The minimum Gasteiger partial charge on any atom is -0.393 e. The molecule has 112 valence electrons. The molecule has 3 atom stereocenters. The average molecular weight is 287 g/mol. The van der Waals surface area contributed by atoms with Gasteiger partial charge in [0, 0.05) is 25.1 Å². The van der Waals surface area contributed by atoms with Crippen molar-refractivity contribution in [1.82, 2.24) is 4.98 Å². The van der Waals surface area contributed by atoms with Gasteiger partial charge in [-0.1, -0.05) is 6.07 Å². The van der Waals surface area contributed by atoms with Crippen molar-refractivity contribution >= 4 is 5.82 Å². The molecule has 0 amide bonds. The second-order valence-electron chi connectivity index (χ2n) is 5.94. The Morgan fingerprint density at radius 2 is 2.29 bits per heavy atom. The first-order valence-corrected chi connectivity index (χ1v) is 7.61. The first-order chi connectivity index (χ1) is 10.2. The summed E-state index contributed by atoms with van der Waals surface area (Å²) in [5, 5.41) is 19.4. The molecule has 2 aliphatic rings. The topological polar surface area (TPSA) is 69.4 Å². The molecule has 3 rings (SSSR count).